The molecule has 0 radical (unpaired) electrons. The van der Waals surface area contributed by atoms with Gasteiger partial charge in [0.2, 0.25) is 0 Å². The van der Waals surface area contributed by atoms with Crippen molar-refractivity contribution in [1.82, 2.24) is 14.9 Å². The quantitative estimate of drug-likeness (QED) is 0.757. The Labute approximate surface area is 164 Å². The van der Waals surface area contributed by atoms with Crippen LogP contribution in [0.5, 0.6) is 0 Å². The number of carbonyl (C=O) groups is 1. The van der Waals surface area contributed by atoms with Crippen LogP contribution in [0, 0.1) is 11.7 Å². The second kappa shape index (κ2) is 7.82. The molecule has 2 N–H and O–H groups in total. The molecule has 29 heavy (non-hydrogen) atoms. The summed E-state index contributed by atoms with van der Waals surface area (Å²) in [5, 5.41) is 5.67. The maximum absolute atomic E-state index is 14.2. The van der Waals surface area contributed by atoms with E-state index in [4.69, 9.17) is 0 Å². The van der Waals surface area contributed by atoms with Gasteiger partial charge in [-0.05, 0) is 36.7 Å². The van der Waals surface area contributed by atoms with Crippen LogP contribution in [0.2, 0.25) is 0 Å². The molecule has 0 saturated heterocycles. The van der Waals surface area contributed by atoms with Crippen molar-refractivity contribution in [3.05, 3.63) is 70.7 Å². The third-order valence-electron chi connectivity index (χ3n) is 5.01. The van der Waals surface area contributed by atoms with E-state index in [-0.39, 0.29) is 24.3 Å². The highest BCUT2D eigenvalue weighted by molar-refractivity contribution is 6.03. The highest BCUT2D eigenvalue weighted by Gasteiger charge is 2.23. The maximum atomic E-state index is 14.2. The van der Waals surface area contributed by atoms with Gasteiger partial charge in [0.1, 0.15) is 11.6 Å². The number of anilines is 1. The van der Waals surface area contributed by atoms with E-state index in [1.54, 1.807) is 10.6 Å². The number of rotatable bonds is 4. The van der Waals surface area contributed by atoms with Crippen LogP contribution in [0.25, 0.3) is 0 Å². The second-order valence-corrected chi connectivity index (χ2v) is 7.13. The van der Waals surface area contributed by atoms with E-state index in [1.807, 2.05) is 0 Å². The van der Waals surface area contributed by atoms with Gasteiger partial charge in [0.15, 0.2) is 17.5 Å². The normalized spacial score (nSPS) is 19.0. The van der Waals surface area contributed by atoms with Crippen LogP contribution < -0.4 is 10.6 Å². The van der Waals surface area contributed by atoms with Gasteiger partial charge in [0.05, 0.1) is 6.33 Å². The van der Waals surface area contributed by atoms with Crippen molar-refractivity contribution in [2.45, 2.75) is 25.9 Å². The lowest BCUT2D eigenvalue weighted by Crippen LogP contribution is -2.25. The summed E-state index contributed by atoms with van der Waals surface area (Å²) < 4.78 is 55.7. The number of nitrogens with one attached hydrogen (secondary N) is 2. The Morgan fingerprint density at radius 3 is 2.90 bits per heavy atom. The van der Waals surface area contributed by atoms with Crippen LogP contribution in [-0.2, 0) is 19.5 Å². The highest BCUT2D eigenvalue weighted by Crippen LogP contribution is 2.32. The zero-order valence-electron chi connectivity index (χ0n) is 15.3. The van der Waals surface area contributed by atoms with Crippen molar-refractivity contribution < 1.29 is 22.4 Å². The molecule has 1 unspecified atom stereocenters. The number of aromatic nitrogens is 2. The Hall–Kier alpha value is -2.94. The number of hydrogen-bond donors (Lipinski definition) is 2. The average Bonchev–Trinajstić information content (AvgIpc) is 3.12. The largest absolute Gasteiger partial charge is 0.335 e. The van der Waals surface area contributed by atoms with Gasteiger partial charge < -0.3 is 15.2 Å². The summed E-state index contributed by atoms with van der Waals surface area (Å²) in [5.41, 5.74) is 1.56. The van der Waals surface area contributed by atoms with Crippen LogP contribution in [-0.4, -0.2) is 22.0 Å². The first kappa shape index (κ1) is 19.4. The Kier molecular flexibility index (Phi) is 5.23. The first-order valence-corrected chi connectivity index (χ1v) is 9.17. The van der Waals surface area contributed by atoms with Crippen LogP contribution in [0.1, 0.15) is 27.9 Å². The van der Waals surface area contributed by atoms with E-state index in [1.165, 1.54) is 18.6 Å². The Morgan fingerprint density at radius 1 is 1.28 bits per heavy atom. The maximum Gasteiger partial charge on any atom is 0.256 e. The number of allylic oxidation sites excluding steroid dienone is 4. The number of nitrogens with zero attached hydrogens (tertiary/aromatic N) is 2. The summed E-state index contributed by atoms with van der Waals surface area (Å²) in [6, 6.07) is 2.86. The Bertz CT molecular complexity index is 1030. The lowest BCUT2D eigenvalue weighted by atomic mass is 9.97. The van der Waals surface area contributed by atoms with E-state index in [0.717, 1.165) is 18.2 Å². The van der Waals surface area contributed by atoms with Crippen LogP contribution >= 0.6 is 0 Å². The van der Waals surface area contributed by atoms with E-state index < -0.39 is 35.1 Å². The topological polar surface area (TPSA) is 59.0 Å². The predicted octanol–water partition coefficient (Wildman–Crippen LogP) is 3.94. The summed E-state index contributed by atoms with van der Waals surface area (Å²) in [7, 11) is 0. The molecular weight excluding hydrogens is 388 g/mol. The van der Waals surface area contributed by atoms with Crippen LogP contribution in [0.15, 0.2) is 48.2 Å². The number of carbonyl (C=O) groups excluding carboxylic acids is 1. The minimum Gasteiger partial charge on any atom is -0.335 e. The molecule has 2 heterocycles. The summed E-state index contributed by atoms with van der Waals surface area (Å²) in [6.45, 7) is 1.32. The van der Waals surface area contributed by atoms with E-state index in [0.29, 0.717) is 18.5 Å². The number of hydrogen-bond acceptors (Lipinski definition) is 3. The minimum absolute atomic E-state index is 0.164. The second-order valence-electron chi connectivity index (χ2n) is 7.13. The van der Waals surface area contributed by atoms with Gasteiger partial charge in [-0.15, -0.1) is 0 Å². The monoisotopic (exact) mass is 406 g/mol. The van der Waals surface area contributed by atoms with Crippen LogP contribution in [0.3, 0.4) is 0 Å². The Morgan fingerprint density at radius 2 is 2.10 bits per heavy atom. The minimum atomic E-state index is -1.45. The van der Waals surface area contributed by atoms with Crippen molar-refractivity contribution in [2.75, 3.05) is 11.9 Å². The fourth-order valence-corrected chi connectivity index (χ4v) is 3.57. The van der Waals surface area contributed by atoms with Gasteiger partial charge >= 0.3 is 0 Å². The third-order valence-corrected chi connectivity index (χ3v) is 5.01. The molecule has 1 aliphatic heterocycles. The molecule has 1 aromatic heterocycles. The molecular formula is C20H18F4N4O. The number of fused-ring (bicyclic) bond motifs is 1. The Balaban J connectivity index is 1.43. The first-order chi connectivity index (χ1) is 13.9. The van der Waals surface area contributed by atoms with Gasteiger partial charge in [0, 0.05) is 42.8 Å². The van der Waals surface area contributed by atoms with Gasteiger partial charge in [0.25, 0.3) is 5.91 Å². The van der Waals surface area contributed by atoms with E-state index >= 15 is 0 Å². The number of imidazole rings is 1. The molecule has 4 rings (SSSR count). The highest BCUT2D eigenvalue weighted by atomic mass is 19.2. The van der Waals surface area contributed by atoms with Crippen LogP contribution in [0.4, 0.5) is 23.4 Å². The van der Waals surface area contributed by atoms with Gasteiger partial charge in [-0.25, -0.2) is 22.5 Å². The van der Waals surface area contributed by atoms with Crippen molar-refractivity contribution in [3.8, 4) is 0 Å². The molecule has 5 nitrogen and oxygen atoms in total. The van der Waals surface area contributed by atoms with Crippen molar-refractivity contribution in [2.24, 2.45) is 5.92 Å². The molecule has 1 atom stereocenters. The number of halogens is 4. The molecule has 1 aromatic carbocycles. The summed E-state index contributed by atoms with van der Waals surface area (Å²) >= 11 is 0. The number of benzene rings is 1. The first-order valence-electron chi connectivity index (χ1n) is 9.17. The van der Waals surface area contributed by atoms with Gasteiger partial charge in [-0.3, -0.25) is 4.79 Å². The average molecular weight is 406 g/mol. The summed E-state index contributed by atoms with van der Waals surface area (Å²) in [5.74, 6) is -5.07. The molecule has 0 bridgehead atoms. The fourth-order valence-electron chi connectivity index (χ4n) is 3.57. The van der Waals surface area contributed by atoms with E-state index in [9.17, 15) is 22.4 Å². The van der Waals surface area contributed by atoms with Gasteiger partial charge in [-0.1, -0.05) is 0 Å². The third kappa shape index (κ3) is 4.09. The van der Waals surface area contributed by atoms with E-state index in [2.05, 4.69) is 15.6 Å². The molecule has 1 aliphatic carbocycles. The summed E-state index contributed by atoms with van der Waals surface area (Å²) in [6.07, 6.45) is 4.31. The lowest BCUT2D eigenvalue weighted by Gasteiger charge is -2.18. The summed E-state index contributed by atoms with van der Waals surface area (Å²) in [4.78, 5) is 16.5. The zero-order chi connectivity index (χ0) is 20.5. The van der Waals surface area contributed by atoms with Crippen molar-refractivity contribution >= 4 is 11.7 Å². The molecule has 9 heteroatoms. The SMILES string of the molecule is O=C(Nc1cn(CC2C=C(F)C(F)=C(F)C2)cn1)c1cc(F)c2c(c1)CCNC2. The standard InChI is InChI=1S/C20H18F4N4O/c21-15-6-13(5-12-1-2-25-7-14(12)15)20(29)27-18-9-28(10-26-18)8-11-3-16(22)19(24)17(23)4-11/h3,5-6,9-11,25H,1-2,4,7-8H2,(H,27,29). The van der Waals surface area contributed by atoms with Crippen molar-refractivity contribution in [3.63, 3.8) is 0 Å². The van der Waals surface area contributed by atoms with Crippen molar-refractivity contribution in [1.29, 1.82) is 0 Å². The molecule has 1 amide bonds. The molecule has 2 aromatic rings. The fraction of sp³-hybridized carbons (Fsp3) is 0.300. The number of amides is 1. The molecule has 0 saturated carbocycles. The lowest BCUT2D eigenvalue weighted by molar-refractivity contribution is 0.102. The molecule has 2 aliphatic rings. The van der Waals surface area contributed by atoms with Gasteiger partial charge in [-0.2, -0.15) is 0 Å². The molecule has 152 valence electrons. The molecule has 0 fully saturated rings. The predicted molar refractivity (Wildman–Crippen MR) is 98.5 cm³/mol. The zero-order valence-corrected chi connectivity index (χ0v) is 15.3. The smallest absolute Gasteiger partial charge is 0.256 e. The molecule has 0 spiro atoms.